The number of carbonyl (C=O) groups is 1. The van der Waals surface area contributed by atoms with Gasteiger partial charge < -0.3 is 9.88 Å². The zero-order valence-electron chi connectivity index (χ0n) is 15.9. The number of hydrogen-bond donors (Lipinski definition) is 2. The Morgan fingerprint density at radius 3 is 2.43 bits per heavy atom. The molecule has 0 fully saturated rings. The number of hydrogen-bond acceptors (Lipinski definition) is 4. The number of anilines is 1. The molecule has 0 aliphatic heterocycles. The minimum absolute atomic E-state index is 0.272. The van der Waals surface area contributed by atoms with Gasteiger partial charge in [0.05, 0.1) is 11.9 Å². The highest BCUT2D eigenvalue weighted by molar-refractivity contribution is 7.92. The fourth-order valence-corrected chi connectivity index (χ4v) is 3.40. The van der Waals surface area contributed by atoms with Crippen molar-refractivity contribution in [3.05, 3.63) is 77.4 Å². The maximum absolute atomic E-state index is 12.4. The molecule has 3 rings (SSSR count). The summed E-state index contributed by atoms with van der Waals surface area (Å²) in [5, 5.41) is 2.86. The van der Waals surface area contributed by atoms with Gasteiger partial charge in [0.2, 0.25) is 10.0 Å². The molecule has 2 aromatic carbocycles. The van der Waals surface area contributed by atoms with Crippen molar-refractivity contribution in [3.8, 4) is 5.69 Å². The minimum atomic E-state index is -3.41. The standard InChI is InChI=1S/C20H22N4O3S/c1-14-4-7-17(12-19(14)23-28(3,26)27)20(25)22-13-16-5-8-18(9-6-16)24-11-10-21-15(24)2/h4-12,23H,13H2,1-3H3,(H,22,25). The molecule has 0 aliphatic carbocycles. The number of nitrogens with zero attached hydrogens (tertiary/aromatic N) is 2. The third-order valence-corrected chi connectivity index (χ3v) is 4.88. The lowest BCUT2D eigenvalue weighted by Crippen LogP contribution is -2.23. The van der Waals surface area contributed by atoms with Gasteiger partial charge in [0.15, 0.2) is 0 Å². The molecular weight excluding hydrogens is 376 g/mol. The fraction of sp³-hybridized carbons (Fsp3) is 0.200. The van der Waals surface area contributed by atoms with Gasteiger partial charge >= 0.3 is 0 Å². The molecule has 7 nitrogen and oxygen atoms in total. The van der Waals surface area contributed by atoms with E-state index in [0.29, 0.717) is 17.8 Å². The van der Waals surface area contributed by atoms with Crippen molar-refractivity contribution in [1.82, 2.24) is 14.9 Å². The van der Waals surface area contributed by atoms with Gasteiger partial charge in [-0.25, -0.2) is 13.4 Å². The summed E-state index contributed by atoms with van der Waals surface area (Å²) in [6.45, 7) is 4.08. The zero-order chi connectivity index (χ0) is 20.3. The first-order valence-corrected chi connectivity index (χ1v) is 10.6. The summed E-state index contributed by atoms with van der Waals surface area (Å²) in [6, 6.07) is 12.7. The van der Waals surface area contributed by atoms with Crippen LogP contribution < -0.4 is 10.0 Å². The topological polar surface area (TPSA) is 93.1 Å². The predicted molar refractivity (Wildman–Crippen MR) is 109 cm³/mol. The van der Waals surface area contributed by atoms with E-state index >= 15 is 0 Å². The molecule has 1 amide bonds. The van der Waals surface area contributed by atoms with Gasteiger partial charge in [0.1, 0.15) is 5.82 Å². The maximum Gasteiger partial charge on any atom is 0.251 e. The Labute approximate surface area is 164 Å². The van der Waals surface area contributed by atoms with E-state index in [-0.39, 0.29) is 5.91 Å². The molecule has 146 valence electrons. The van der Waals surface area contributed by atoms with Crippen molar-refractivity contribution in [3.63, 3.8) is 0 Å². The number of rotatable bonds is 6. The van der Waals surface area contributed by atoms with E-state index in [4.69, 9.17) is 0 Å². The van der Waals surface area contributed by atoms with E-state index in [0.717, 1.165) is 28.9 Å². The number of nitrogens with one attached hydrogen (secondary N) is 2. The second-order valence-corrected chi connectivity index (χ2v) is 8.35. The Bertz CT molecular complexity index is 1100. The molecule has 0 saturated heterocycles. The van der Waals surface area contributed by atoms with Gasteiger partial charge in [-0.2, -0.15) is 0 Å². The Kier molecular flexibility index (Phi) is 5.51. The van der Waals surface area contributed by atoms with Crippen LogP contribution in [0, 0.1) is 13.8 Å². The van der Waals surface area contributed by atoms with Crippen LogP contribution in [0.2, 0.25) is 0 Å². The highest BCUT2D eigenvalue weighted by Crippen LogP contribution is 2.18. The lowest BCUT2D eigenvalue weighted by atomic mass is 10.1. The monoisotopic (exact) mass is 398 g/mol. The van der Waals surface area contributed by atoms with Crippen molar-refractivity contribution < 1.29 is 13.2 Å². The Morgan fingerprint density at radius 1 is 1.11 bits per heavy atom. The van der Waals surface area contributed by atoms with Crippen LogP contribution in [-0.4, -0.2) is 30.1 Å². The van der Waals surface area contributed by atoms with E-state index < -0.39 is 10.0 Å². The zero-order valence-corrected chi connectivity index (χ0v) is 16.7. The van der Waals surface area contributed by atoms with Gasteiger partial charge in [-0.05, 0) is 49.2 Å². The van der Waals surface area contributed by atoms with Crippen LogP contribution >= 0.6 is 0 Å². The molecule has 2 N–H and O–H groups in total. The molecule has 3 aromatic rings. The van der Waals surface area contributed by atoms with Gasteiger partial charge in [0, 0.05) is 30.2 Å². The third-order valence-electron chi connectivity index (χ3n) is 4.29. The van der Waals surface area contributed by atoms with Gasteiger partial charge in [-0.15, -0.1) is 0 Å². The normalized spacial score (nSPS) is 11.2. The van der Waals surface area contributed by atoms with E-state index in [9.17, 15) is 13.2 Å². The first-order chi connectivity index (χ1) is 13.2. The number of benzene rings is 2. The summed E-state index contributed by atoms with van der Waals surface area (Å²) in [7, 11) is -3.41. The van der Waals surface area contributed by atoms with Crippen LogP contribution in [0.15, 0.2) is 54.9 Å². The summed E-state index contributed by atoms with van der Waals surface area (Å²) in [5.41, 5.74) is 3.49. The second-order valence-electron chi connectivity index (χ2n) is 6.60. The summed E-state index contributed by atoms with van der Waals surface area (Å²) >= 11 is 0. The quantitative estimate of drug-likeness (QED) is 0.668. The Morgan fingerprint density at radius 2 is 1.82 bits per heavy atom. The first-order valence-electron chi connectivity index (χ1n) is 8.69. The number of sulfonamides is 1. The molecule has 1 aromatic heterocycles. The van der Waals surface area contributed by atoms with Crippen molar-refractivity contribution >= 4 is 21.6 Å². The lowest BCUT2D eigenvalue weighted by Gasteiger charge is -2.11. The first kappa shape index (κ1) is 19.6. The van der Waals surface area contributed by atoms with Gasteiger partial charge in [-0.3, -0.25) is 9.52 Å². The Balaban J connectivity index is 1.67. The van der Waals surface area contributed by atoms with Crippen LogP contribution in [-0.2, 0) is 16.6 Å². The highest BCUT2D eigenvalue weighted by atomic mass is 32.2. The van der Waals surface area contributed by atoms with Crippen LogP contribution in [0.4, 0.5) is 5.69 Å². The minimum Gasteiger partial charge on any atom is -0.348 e. The molecule has 1 heterocycles. The summed E-state index contributed by atoms with van der Waals surface area (Å²) in [5.74, 6) is 0.630. The highest BCUT2D eigenvalue weighted by Gasteiger charge is 2.11. The second kappa shape index (κ2) is 7.85. The van der Waals surface area contributed by atoms with Crippen molar-refractivity contribution in [2.75, 3.05) is 11.0 Å². The van der Waals surface area contributed by atoms with Crippen molar-refractivity contribution in [2.24, 2.45) is 0 Å². The molecule has 0 bridgehead atoms. The SMILES string of the molecule is Cc1ccc(C(=O)NCc2ccc(-n3ccnc3C)cc2)cc1NS(C)(=O)=O. The summed E-state index contributed by atoms with van der Waals surface area (Å²) < 4.78 is 27.3. The number of aryl methyl sites for hydroxylation is 2. The number of aromatic nitrogens is 2. The average Bonchev–Trinajstić information content (AvgIpc) is 3.07. The molecule has 0 atom stereocenters. The predicted octanol–water partition coefficient (Wildman–Crippen LogP) is 2.79. The number of imidazole rings is 1. The van der Waals surface area contributed by atoms with Crippen LogP contribution in [0.5, 0.6) is 0 Å². The van der Waals surface area contributed by atoms with E-state index in [1.165, 1.54) is 6.07 Å². The Hall–Kier alpha value is -3.13. The van der Waals surface area contributed by atoms with E-state index in [1.807, 2.05) is 42.0 Å². The summed E-state index contributed by atoms with van der Waals surface area (Å²) in [4.78, 5) is 16.7. The van der Waals surface area contributed by atoms with E-state index in [2.05, 4.69) is 15.0 Å². The van der Waals surface area contributed by atoms with Crippen LogP contribution in [0.25, 0.3) is 5.69 Å². The molecule has 28 heavy (non-hydrogen) atoms. The van der Waals surface area contributed by atoms with Crippen LogP contribution in [0.3, 0.4) is 0 Å². The summed E-state index contributed by atoms with van der Waals surface area (Å²) in [6.07, 6.45) is 4.72. The largest absolute Gasteiger partial charge is 0.348 e. The third kappa shape index (κ3) is 4.77. The molecule has 0 aliphatic rings. The number of amides is 1. The van der Waals surface area contributed by atoms with Gasteiger partial charge in [0.25, 0.3) is 5.91 Å². The molecule has 0 spiro atoms. The molecule has 8 heteroatoms. The maximum atomic E-state index is 12.4. The molecular formula is C20H22N4O3S. The van der Waals surface area contributed by atoms with Gasteiger partial charge in [-0.1, -0.05) is 18.2 Å². The van der Waals surface area contributed by atoms with E-state index in [1.54, 1.807) is 25.3 Å². The molecule has 0 unspecified atom stereocenters. The lowest BCUT2D eigenvalue weighted by molar-refractivity contribution is 0.0951. The fourth-order valence-electron chi connectivity index (χ4n) is 2.78. The van der Waals surface area contributed by atoms with Crippen LogP contribution in [0.1, 0.15) is 27.3 Å². The number of carbonyl (C=O) groups excluding carboxylic acids is 1. The van der Waals surface area contributed by atoms with Crippen molar-refractivity contribution in [1.29, 1.82) is 0 Å². The molecule has 0 saturated carbocycles. The molecule has 0 radical (unpaired) electrons. The smallest absolute Gasteiger partial charge is 0.251 e. The van der Waals surface area contributed by atoms with Crippen molar-refractivity contribution in [2.45, 2.75) is 20.4 Å². The average molecular weight is 398 g/mol.